The Morgan fingerprint density at radius 2 is 1.92 bits per heavy atom. The number of nitro groups is 1. The first-order valence-electron chi connectivity index (χ1n) is 6.64. The molecule has 0 aliphatic heterocycles. The van der Waals surface area contributed by atoms with Gasteiger partial charge in [0.15, 0.2) is 0 Å². The number of nitro benzene ring substituents is 1. The summed E-state index contributed by atoms with van der Waals surface area (Å²) in [5.74, 6) is -0.699. The first-order chi connectivity index (χ1) is 11.3. The van der Waals surface area contributed by atoms with E-state index in [0.29, 0.717) is 12.1 Å². The number of halogens is 3. The molecule has 0 unspecified atom stereocenters. The maximum absolute atomic E-state index is 12.9. The molecular formula is C12H11F3N4O5S. The highest BCUT2D eigenvalue weighted by Crippen LogP contribution is 2.37. The van der Waals surface area contributed by atoms with Crippen molar-refractivity contribution in [2.75, 3.05) is 4.72 Å². The number of nitrogens with zero attached hydrogens (tertiary/aromatic N) is 2. The third kappa shape index (κ3) is 3.70. The Morgan fingerprint density at radius 3 is 2.40 bits per heavy atom. The van der Waals surface area contributed by atoms with Crippen LogP contribution >= 0.6 is 0 Å². The fourth-order valence-corrected chi connectivity index (χ4v) is 2.47. The molecule has 0 radical (unpaired) electrons. The lowest BCUT2D eigenvalue weighted by molar-refractivity contribution is -0.387. The number of sulfonamides is 1. The Bertz CT molecular complexity index is 1010. The number of hydrogen-bond donors (Lipinski definition) is 2. The zero-order valence-corrected chi connectivity index (χ0v) is 13.5. The number of anilines is 1. The normalized spacial score (nSPS) is 12.6. The van der Waals surface area contributed by atoms with Crippen LogP contribution in [0.5, 0.6) is 0 Å². The van der Waals surface area contributed by atoms with Crippen LogP contribution in [0.2, 0.25) is 0 Å². The highest BCUT2D eigenvalue weighted by Gasteiger charge is 2.39. The predicted molar refractivity (Wildman–Crippen MR) is 81.7 cm³/mol. The highest BCUT2D eigenvalue weighted by atomic mass is 32.2. The molecule has 1 heterocycles. The molecule has 2 N–H and O–H groups in total. The van der Waals surface area contributed by atoms with E-state index in [1.165, 1.54) is 13.8 Å². The molecule has 0 saturated carbocycles. The summed E-state index contributed by atoms with van der Waals surface area (Å²) in [6, 6.07) is 0.893. The second-order valence-corrected chi connectivity index (χ2v) is 7.49. The van der Waals surface area contributed by atoms with Crippen molar-refractivity contribution < 1.29 is 26.5 Å². The van der Waals surface area contributed by atoms with Crippen molar-refractivity contribution in [3.63, 3.8) is 0 Å². The summed E-state index contributed by atoms with van der Waals surface area (Å²) in [6.07, 6.45) is -5.02. The summed E-state index contributed by atoms with van der Waals surface area (Å²) < 4.78 is 64.2. The maximum atomic E-state index is 12.9. The molecule has 0 amide bonds. The Kier molecular flexibility index (Phi) is 4.46. The van der Waals surface area contributed by atoms with Crippen LogP contribution < -0.4 is 10.3 Å². The number of benzene rings is 1. The Balaban J connectivity index is 2.72. The smallest absolute Gasteiger partial charge is 0.317 e. The molecule has 1 aromatic heterocycles. The highest BCUT2D eigenvalue weighted by molar-refractivity contribution is 7.93. The fourth-order valence-electron chi connectivity index (χ4n) is 1.82. The van der Waals surface area contributed by atoms with Gasteiger partial charge in [0, 0.05) is 6.07 Å². The van der Waals surface area contributed by atoms with Crippen molar-refractivity contribution in [1.82, 2.24) is 9.97 Å². The van der Waals surface area contributed by atoms with Crippen LogP contribution in [0.3, 0.4) is 0 Å². The first kappa shape index (κ1) is 18.6. The van der Waals surface area contributed by atoms with Crippen LogP contribution in [0, 0.1) is 10.1 Å². The molecule has 1 aromatic carbocycles. The molecule has 2 rings (SSSR count). The Morgan fingerprint density at radius 1 is 1.32 bits per heavy atom. The van der Waals surface area contributed by atoms with Crippen molar-refractivity contribution in [2.45, 2.75) is 25.3 Å². The number of H-pyrrole nitrogens is 1. The number of fused-ring (bicyclic) bond motifs is 1. The minimum absolute atomic E-state index is 0.374. The van der Waals surface area contributed by atoms with E-state index in [1.807, 2.05) is 9.71 Å². The van der Waals surface area contributed by atoms with E-state index in [1.54, 1.807) is 0 Å². The van der Waals surface area contributed by atoms with E-state index in [-0.39, 0.29) is 5.52 Å². The minimum Gasteiger partial charge on any atom is -0.317 e. The van der Waals surface area contributed by atoms with E-state index < -0.39 is 54.5 Å². The second kappa shape index (κ2) is 5.98. The average Bonchev–Trinajstić information content (AvgIpc) is 2.45. The summed E-state index contributed by atoms with van der Waals surface area (Å²) in [7, 11) is -3.95. The fraction of sp³-hybridized carbons (Fsp3) is 0.333. The first-order valence-corrected chi connectivity index (χ1v) is 8.19. The van der Waals surface area contributed by atoms with Gasteiger partial charge < -0.3 is 4.98 Å². The van der Waals surface area contributed by atoms with Gasteiger partial charge in [-0.25, -0.2) is 13.4 Å². The largest absolute Gasteiger partial charge is 0.423 e. The molecule has 0 atom stereocenters. The zero-order valence-electron chi connectivity index (χ0n) is 12.7. The van der Waals surface area contributed by atoms with Gasteiger partial charge in [-0.3, -0.25) is 19.6 Å². The van der Waals surface area contributed by atoms with Crippen molar-refractivity contribution in [3.05, 3.63) is 38.2 Å². The third-order valence-corrected chi connectivity index (χ3v) is 4.89. The van der Waals surface area contributed by atoms with Gasteiger partial charge in [-0.1, -0.05) is 0 Å². The summed E-state index contributed by atoms with van der Waals surface area (Å²) in [6.45, 7) is 2.66. The molecular weight excluding hydrogens is 369 g/mol. The summed E-state index contributed by atoms with van der Waals surface area (Å²) in [5.41, 5.74) is -4.70. The van der Waals surface area contributed by atoms with Gasteiger partial charge in [0.05, 0.1) is 21.2 Å². The third-order valence-electron chi connectivity index (χ3n) is 3.17. The predicted octanol–water partition coefficient (Wildman–Crippen LogP) is 2.00. The van der Waals surface area contributed by atoms with Gasteiger partial charge in [0.2, 0.25) is 15.8 Å². The molecule has 0 spiro atoms. The van der Waals surface area contributed by atoms with Crippen molar-refractivity contribution in [3.8, 4) is 0 Å². The van der Waals surface area contributed by atoms with Crippen molar-refractivity contribution >= 4 is 32.6 Å². The summed E-state index contributed by atoms with van der Waals surface area (Å²) >= 11 is 0. The van der Waals surface area contributed by atoms with Crippen LogP contribution in [0.4, 0.5) is 24.7 Å². The van der Waals surface area contributed by atoms with Gasteiger partial charge in [0.1, 0.15) is 5.56 Å². The maximum Gasteiger partial charge on any atom is 0.423 e. The SMILES string of the molecule is CC(C)S(=O)(=O)Nc1nc2cc([N+](=O)[O-])c(C(F)(F)F)cc2[nH]c1=O. The standard InChI is InChI=1S/C12H11F3N4O5S/c1-5(2)25(23,24)18-10-11(20)17-7-3-6(12(13,14)15)9(19(21)22)4-8(7)16-10/h3-5H,1-2H3,(H,16,18)(H,17,20). The van der Waals surface area contributed by atoms with Crippen LogP contribution in [0.1, 0.15) is 19.4 Å². The Labute approximate surface area is 138 Å². The molecule has 0 saturated heterocycles. The van der Waals surface area contributed by atoms with Crippen molar-refractivity contribution in [2.24, 2.45) is 0 Å². The van der Waals surface area contributed by atoms with E-state index in [2.05, 4.69) is 4.98 Å². The second-order valence-electron chi connectivity index (χ2n) is 5.25. The number of alkyl halides is 3. The molecule has 25 heavy (non-hydrogen) atoms. The van der Waals surface area contributed by atoms with Crippen molar-refractivity contribution in [1.29, 1.82) is 0 Å². The number of hydrogen-bond acceptors (Lipinski definition) is 6. The topological polar surface area (TPSA) is 135 Å². The molecule has 136 valence electrons. The van der Waals surface area contributed by atoms with E-state index in [4.69, 9.17) is 0 Å². The van der Waals surface area contributed by atoms with Crippen LogP contribution in [0.15, 0.2) is 16.9 Å². The Hall–Kier alpha value is -2.70. The quantitative estimate of drug-likeness (QED) is 0.615. The molecule has 13 heteroatoms. The minimum atomic E-state index is -5.02. The zero-order chi connectivity index (χ0) is 19.2. The average molecular weight is 380 g/mol. The molecule has 9 nitrogen and oxygen atoms in total. The summed E-state index contributed by atoms with van der Waals surface area (Å²) in [4.78, 5) is 27.1. The monoisotopic (exact) mass is 380 g/mol. The molecule has 0 aliphatic carbocycles. The van der Waals surface area contributed by atoms with E-state index in [9.17, 15) is 36.5 Å². The number of aromatic amines is 1. The number of aromatic nitrogens is 2. The number of nitrogens with one attached hydrogen (secondary N) is 2. The van der Waals surface area contributed by atoms with Crippen LogP contribution in [-0.4, -0.2) is 28.6 Å². The van der Waals surface area contributed by atoms with E-state index in [0.717, 1.165) is 0 Å². The van der Waals surface area contributed by atoms with Crippen LogP contribution in [-0.2, 0) is 16.2 Å². The molecule has 2 aromatic rings. The van der Waals surface area contributed by atoms with Gasteiger partial charge in [-0.15, -0.1) is 0 Å². The van der Waals surface area contributed by atoms with Gasteiger partial charge >= 0.3 is 6.18 Å². The lowest BCUT2D eigenvalue weighted by Gasteiger charge is -2.11. The van der Waals surface area contributed by atoms with Gasteiger partial charge in [-0.2, -0.15) is 13.2 Å². The van der Waals surface area contributed by atoms with Crippen LogP contribution in [0.25, 0.3) is 11.0 Å². The van der Waals surface area contributed by atoms with E-state index >= 15 is 0 Å². The molecule has 0 aliphatic rings. The lowest BCUT2D eigenvalue weighted by atomic mass is 10.1. The van der Waals surface area contributed by atoms with Gasteiger partial charge in [-0.05, 0) is 19.9 Å². The molecule has 0 bridgehead atoms. The number of rotatable bonds is 4. The summed E-state index contributed by atoms with van der Waals surface area (Å²) in [5, 5.41) is 9.97. The molecule has 0 fully saturated rings. The van der Waals surface area contributed by atoms with Gasteiger partial charge in [0.25, 0.3) is 11.2 Å². The lowest BCUT2D eigenvalue weighted by Crippen LogP contribution is -2.27.